The number of methoxy groups -OCH3 is 1. The molecule has 3 aromatic carbocycles. The highest BCUT2D eigenvalue weighted by atomic mass is 32.2. The van der Waals surface area contributed by atoms with Crippen molar-refractivity contribution in [3.05, 3.63) is 101 Å². The highest BCUT2D eigenvalue weighted by molar-refractivity contribution is 7.98. The Labute approximate surface area is 204 Å². The number of para-hydroxylation sites is 2. The van der Waals surface area contributed by atoms with Gasteiger partial charge in [-0.2, -0.15) is 13.2 Å². The van der Waals surface area contributed by atoms with Gasteiger partial charge in [-0.3, -0.25) is 9.36 Å². The number of nitrogens with zero attached hydrogens (tertiary/aromatic N) is 3. The lowest BCUT2D eigenvalue weighted by Crippen LogP contribution is -2.24. The summed E-state index contributed by atoms with van der Waals surface area (Å²) in [6.45, 7) is 0.0862. The van der Waals surface area contributed by atoms with Crippen molar-refractivity contribution in [3.63, 3.8) is 0 Å². The van der Waals surface area contributed by atoms with Crippen molar-refractivity contribution in [1.82, 2.24) is 20.1 Å². The third-order valence-corrected chi connectivity index (χ3v) is 6.09. The Morgan fingerprint density at radius 2 is 1.74 bits per heavy atom. The molecule has 0 aliphatic rings. The molecule has 0 saturated carbocycles. The van der Waals surface area contributed by atoms with E-state index in [1.165, 1.54) is 24.9 Å². The van der Waals surface area contributed by atoms with Gasteiger partial charge in [0.2, 0.25) is 0 Å². The summed E-state index contributed by atoms with van der Waals surface area (Å²) in [5, 5.41) is 11.8. The molecule has 0 saturated heterocycles. The average Bonchev–Trinajstić information content (AvgIpc) is 3.28. The molecule has 35 heavy (non-hydrogen) atoms. The molecule has 6 nitrogen and oxygen atoms in total. The Bertz CT molecular complexity index is 1310. The molecule has 0 atom stereocenters. The zero-order valence-electron chi connectivity index (χ0n) is 18.6. The summed E-state index contributed by atoms with van der Waals surface area (Å²) in [5.74, 6) is 0.987. The van der Waals surface area contributed by atoms with Gasteiger partial charge in [0.05, 0.1) is 24.9 Å². The molecule has 4 rings (SSSR count). The number of ether oxygens (including phenoxy) is 1. The number of benzene rings is 3. The van der Waals surface area contributed by atoms with Crippen LogP contribution in [0.25, 0.3) is 5.69 Å². The molecular weight excluding hydrogens is 477 g/mol. The van der Waals surface area contributed by atoms with E-state index in [1.807, 2.05) is 24.3 Å². The predicted molar refractivity (Wildman–Crippen MR) is 127 cm³/mol. The van der Waals surface area contributed by atoms with Crippen LogP contribution >= 0.6 is 11.8 Å². The van der Waals surface area contributed by atoms with Crippen molar-refractivity contribution in [2.75, 3.05) is 7.11 Å². The van der Waals surface area contributed by atoms with Gasteiger partial charge in [0.1, 0.15) is 5.75 Å². The van der Waals surface area contributed by atoms with Crippen LogP contribution in [-0.4, -0.2) is 27.8 Å². The molecule has 0 aliphatic carbocycles. The molecule has 1 heterocycles. The second-order valence-corrected chi connectivity index (χ2v) is 8.38. The molecule has 1 aromatic heterocycles. The molecule has 0 bridgehead atoms. The van der Waals surface area contributed by atoms with E-state index in [4.69, 9.17) is 4.74 Å². The van der Waals surface area contributed by atoms with E-state index in [0.717, 1.165) is 12.1 Å². The fourth-order valence-corrected chi connectivity index (χ4v) is 4.31. The van der Waals surface area contributed by atoms with Crippen LogP contribution in [0.3, 0.4) is 0 Å². The first kappa shape index (κ1) is 24.3. The maximum Gasteiger partial charge on any atom is 0.416 e. The van der Waals surface area contributed by atoms with Crippen molar-refractivity contribution < 1.29 is 22.7 Å². The van der Waals surface area contributed by atoms with Crippen molar-refractivity contribution >= 4 is 17.7 Å². The van der Waals surface area contributed by atoms with E-state index in [9.17, 15) is 18.0 Å². The topological polar surface area (TPSA) is 69.0 Å². The standard InChI is InChI=1S/C25H21F3N4O2S/c1-34-21-13-6-5-12-20(21)32-22(15-29-23(33)18-9-3-2-4-10-18)30-31-24(32)35-16-17-8-7-11-19(14-17)25(26,27)28/h2-14H,15-16H2,1H3,(H,29,33). The highest BCUT2D eigenvalue weighted by Crippen LogP contribution is 2.33. The van der Waals surface area contributed by atoms with Gasteiger partial charge in [0.15, 0.2) is 11.0 Å². The SMILES string of the molecule is COc1ccccc1-n1c(CNC(=O)c2ccccc2)nnc1SCc1cccc(C(F)(F)F)c1. The summed E-state index contributed by atoms with van der Waals surface area (Å²) >= 11 is 1.24. The van der Waals surface area contributed by atoms with Crippen LogP contribution in [0.5, 0.6) is 5.75 Å². The minimum Gasteiger partial charge on any atom is -0.495 e. The second kappa shape index (κ2) is 10.6. The quantitative estimate of drug-likeness (QED) is 0.324. The van der Waals surface area contributed by atoms with Crippen LogP contribution in [0.4, 0.5) is 13.2 Å². The first-order valence-electron chi connectivity index (χ1n) is 10.6. The first-order valence-corrected chi connectivity index (χ1v) is 11.5. The third kappa shape index (κ3) is 5.83. The van der Waals surface area contributed by atoms with E-state index in [2.05, 4.69) is 15.5 Å². The normalized spacial score (nSPS) is 11.3. The van der Waals surface area contributed by atoms with Gasteiger partial charge in [-0.05, 0) is 35.9 Å². The van der Waals surface area contributed by atoms with Crippen LogP contribution in [0.15, 0.2) is 84.0 Å². The lowest BCUT2D eigenvalue weighted by molar-refractivity contribution is -0.137. The van der Waals surface area contributed by atoms with Crippen molar-refractivity contribution in [3.8, 4) is 11.4 Å². The van der Waals surface area contributed by atoms with E-state index >= 15 is 0 Å². The number of aromatic nitrogens is 3. The largest absolute Gasteiger partial charge is 0.495 e. The molecule has 0 spiro atoms. The highest BCUT2D eigenvalue weighted by Gasteiger charge is 2.30. The molecule has 0 unspecified atom stereocenters. The van der Waals surface area contributed by atoms with Gasteiger partial charge in [-0.25, -0.2) is 0 Å². The van der Waals surface area contributed by atoms with Gasteiger partial charge >= 0.3 is 6.18 Å². The number of carbonyl (C=O) groups is 1. The van der Waals surface area contributed by atoms with Crippen molar-refractivity contribution in [2.24, 2.45) is 0 Å². The molecule has 180 valence electrons. The minimum absolute atomic E-state index is 0.0862. The van der Waals surface area contributed by atoms with E-state index in [-0.39, 0.29) is 18.2 Å². The smallest absolute Gasteiger partial charge is 0.416 e. The maximum atomic E-state index is 13.1. The van der Waals surface area contributed by atoms with E-state index in [1.54, 1.807) is 41.0 Å². The third-order valence-electron chi connectivity index (χ3n) is 5.09. The number of thioether (sulfide) groups is 1. The van der Waals surface area contributed by atoms with E-state index in [0.29, 0.717) is 33.5 Å². The fourth-order valence-electron chi connectivity index (χ4n) is 3.40. The molecule has 0 fully saturated rings. The molecule has 0 radical (unpaired) electrons. The molecule has 4 aromatic rings. The Balaban J connectivity index is 1.61. The monoisotopic (exact) mass is 498 g/mol. The Kier molecular flexibility index (Phi) is 7.40. The van der Waals surface area contributed by atoms with Crippen LogP contribution in [0.2, 0.25) is 0 Å². The summed E-state index contributed by atoms with van der Waals surface area (Å²) in [6.07, 6.45) is -4.41. The van der Waals surface area contributed by atoms with E-state index < -0.39 is 11.7 Å². The summed E-state index contributed by atoms with van der Waals surface area (Å²) in [4.78, 5) is 12.5. The van der Waals surface area contributed by atoms with Gasteiger partial charge in [0, 0.05) is 11.3 Å². The van der Waals surface area contributed by atoms with Gasteiger partial charge in [-0.15, -0.1) is 10.2 Å². The number of nitrogens with one attached hydrogen (secondary N) is 1. The van der Waals surface area contributed by atoms with Crippen LogP contribution in [-0.2, 0) is 18.5 Å². The molecule has 0 aliphatic heterocycles. The number of hydrogen-bond acceptors (Lipinski definition) is 5. The molecular formula is C25H21F3N4O2S. The molecule has 1 N–H and O–H groups in total. The lowest BCUT2D eigenvalue weighted by Gasteiger charge is -2.14. The van der Waals surface area contributed by atoms with Gasteiger partial charge in [0.25, 0.3) is 5.91 Å². The fraction of sp³-hybridized carbons (Fsp3) is 0.160. The maximum absolute atomic E-state index is 13.1. The Morgan fingerprint density at radius 3 is 2.49 bits per heavy atom. The minimum atomic E-state index is -4.41. The number of amides is 1. The summed E-state index contributed by atoms with van der Waals surface area (Å²) < 4.78 is 46.5. The lowest BCUT2D eigenvalue weighted by atomic mass is 10.1. The number of alkyl halides is 3. The zero-order valence-corrected chi connectivity index (χ0v) is 19.4. The summed E-state index contributed by atoms with van der Waals surface area (Å²) in [6, 6.07) is 21.2. The molecule has 1 amide bonds. The first-order chi connectivity index (χ1) is 16.9. The van der Waals surface area contributed by atoms with Gasteiger partial charge in [-0.1, -0.05) is 60.3 Å². The number of carbonyl (C=O) groups excluding carboxylic acids is 1. The zero-order chi connectivity index (χ0) is 24.8. The second-order valence-electron chi connectivity index (χ2n) is 7.44. The summed E-state index contributed by atoms with van der Waals surface area (Å²) in [5.41, 5.74) is 0.954. The number of halogens is 3. The van der Waals surface area contributed by atoms with Crippen molar-refractivity contribution in [1.29, 1.82) is 0 Å². The van der Waals surface area contributed by atoms with Crippen molar-refractivity contribution in [2.45, 2.75) is 23.6 Å². The van der Waals surface area contributed by atoms with Crippen LogP contribution in [0, 0.1) is 0 Å². The number of rotatable bonds is 8. The molecule has 10 heteroatoms. The average molecular weight is 499 g/mol. The van der Waals surface area contributed by atoms with Crippen LogP contribution < -0.4 is 10.1 Å². The summed E-state index contributed by atoms with van der Waals surface area (Å²) in [7, 11) is 1.54. The Morgan fingerprint density at radius 1 is 1.00 bits per heavy atom. The number of hydrogen-bond donors (Lipinski definition) is 1. The predicted octanol–water partition coefficient (Wildman–Crippen LogP) is 5.52. The Hall–Kier alpha value is -3.79. The van der Waals surface area contributed by atoms with Crippen LogP contribution in [0.1, 0.15) is 27.3 Å². The van der Waals surface area contributed by atoms with Gasteiger partial charge < -0.3 is 10.1 Å².